The second-order valence-electron chi connectivity index (χ2n) is 5.11. The third kappa shape index (κ3) is 4.57. The molecule has 0 saturated heterocycles. The van der Waals surface area contributed by atoms with Gasteiger partial charge in [-0.25, -0.2) is 4.79 Å². The molecule has 0 saturated carbocycles. The summed E-state index contributed by atoms with van der Waals surface area (Å²) in [6, 6.07) is 16.2. The number of para-hydroxylation sites is 1. The molecule has 0 unspecified atom stereocenters. The summed E-state index contributed by atoms with van der Waals surface area (Å²) in [5, 5.41) is 10.6. The van der Waals surface area contributed by atoms with Crippen molar-refractivity contribution in [1.29, 1.82) is 0 Å². The van der Waals surface area contributed by atoms with Crippen molar-refractivity contribution < 1.29 is 18.7 Å². The van der Waals surface area contributed by atoms with Crippen molar-refractivity contribution in [1.82, 2.24) is 15.5 Å². The summed E-state index contributed by atoms with van der Waals surface area (Å²) in [4.78, 5) is 11.7. The summed E-state index contributed by atoms with van der Waals surface area (Å²) >= 11 is 0. The fourth-order valence-electron chi connectivity index (χ4n) is 2.13. The third-order valence-corrected chi connectivity index (χ3v) is 3.35. The molecule has 1 aromatic heterocycles. The number of amides is 1. The highest BCUT2D eigenvalue weighted by Gasteiger charge is 2.10. The predicted octanol–water partition coefficient (Wildman–Crippen LogP) is 3.08. The Hall–Kier alpha value is -3.35. The van der Waals surface area contributed by atoms with Gasteiger partial charge in [-0.1, -0.05) is 24.3 Å². The Labute approximate surface area is 144 Å². The van der Waals surface area contributed by atoms with Gasteiger partial charge in [-0.05, 0) is 30.3 Å². The lowest BCUT2D eigenvalue weighted by Crippen LogP contribution is -2.28. The number of benzene rings is 2. The molecule has 128 valence electrons. The normalized spacial score (nSPS) is 10.3. The van der Waals surface area contributed by atoms with Gasteiger partial charge in [0, 0.05) is 18.5 Å². The first-order valence-corrected chi connectivity index (χ1v) is 7.72. The van der Waals surface area contributed by atoms with Gasteiger partial charge in [-0.3, -0.25) is 0 Å². The molecule has 3 rings (SSSR count). The van der Waals surface area contributed by atoms with E-state index in [9.17, 15) is 4.79 Å². The second-order valence-corrected chi connectivity index (χ2v) is 5.11. The third-order valence-electron chi connectivity index (χ3n) is 3.35. The quantitative estimate of drug-likeness (QED) is 0.743. The predicted molar refractivity (Wildman–Crippen MR) is 90.5 cm³/mol. The Balaban J connectivity index is 1.51. The molecule has 2 aromatic carbocycles. The van der Waals surface area contributed by atoms with Crippen LogP contribution >= 0.6 is 0 Å². The molecule has 0 bridgehead atoms. The average Bonchev–Trinajstić information content (AvgIpc) is 3.11. The van der Waals surface area contributed by atoms with E-state index in [0.29, 0.717) is 36.2 Å². The maximum atomic E-state index is 11.7. The molecule has 0 aliphatic carbocycles. The van der Waals surface area contributed by atoms with Crippen molar-refractivity contribution in [3.8, 4) is 23.0 Å². The van der Waals surface area contributed by atoms with E-state index in [1.165, 1.54) is 0 Å². The van der Waals surface area contributed by atoms with E-state index >= 15 is 0 Å². The maximum absolute atomic E-state index is 11.7. The fraction of sp³-hybridized carbons (Fsp3) is 0.167. The van der Waals surface area contributed by atoms with Crippen LogP contribution < -0.4 is 14.8 Å². The van der Waals surface area contributed by atoms with E-state index in [4.69, 9.17) is 13.9 Å². The molecule has 0 aliphatic heterocycles. The lowest BCUT2D eigenvalue weighted by atomic mass is 10.2. The summed E-state index contributed by atoms with van der Waals surface area (Å²) in [6.45, 7) is 0.325. The first kappa shape index (κ1) is 16.5. The highest BCUT2D eigenvalue weighted by Crippen LogP contribution is 2.22. The number of hydrogen-bond donors (Lipinski definition) is 1. The molecule has 3 aromatic rings. The largest absolute Gasteiger partial charge is 0.497 e. The van der Waals surface area contributed by atoms with Gasteiger partial charge < -0.3 is 19.2 Å². The molecule has 0 atom stereocenters. The molecule has 7 heteroatoms. The molecular formula is C18H17N3O4. The Bertz CT molecular complexity index is 833. The van der Waals surface area contributed by atoms with Crippen LogP contribution in [0.2, 0.25) is 0 Å². The van der Waals surface area contributed by atoms with Gasteiger partial charge in [0.25, 0.3) is 0 Å². The van der Waals surface area contributed by atoms with E-state index in [1.54, 1.807) is 31.4 Å². The van der Waals surface area contributed by atoms with Crippen LogP contribution in [-0.4, -0.2) is 29.9 Å². The van der Waals surface area contributed by atoms with Crippen LogP contribution in [0.4, 0.5) is 4.79 Å². The summed E-state index contributed by atoms with van der Waals surface area (Å²) in [5.74, 6) is 2.03. The van der Waals surface area contributed by atoms with Gasteiger partial charge in [0.05, 0.1) is 7.11 Å². The molecule has 25 heavy (non-hydrogen) atoms. The lowest BCUT2D eigenvalue weighted by Gasteiger charge is -2.04. The zero-order valence-electron chi connectivity index (χ0n) is 13.6. The van der Waals surface area contributed by atoms with Crippen molar-refractivity contribution in [2.75, 3.05) is 13.7 Å². The number of aromatic nitrogens is 2. The van der Waals surface area contributed by atoms with Crippen molar-refractivity contribution in [2.24, 2.45) is 0 Å². The van der Waals surface area contributed by atoms with Crippen LogP contribution in [-0.2, 0) is 6.42 Å². The average molecular weight is 339 g/mol. The van der Waals surface area contributed by atoms with Crippen LogP contribution in [0.15, 0.2) is 59.0 Å². The number of carbonyl (C=O) groups excluding carboxylic acids is 1. The zero-order chi connectivity index (χ0) is 17.5. The SMILES string of the molecule is COc1cccc(-c2nnc(CCNC(=O)Oc3ccccc3)o2)c1. The first-order valence-electron chi connectivity index (χ1n) is 7.72. The van der Waals surface area contributed by atoms with E-state index < -0.39 is 6.09 Å². The van der Waals surface area contributed by atoms with E-state index in [-0.39, 0.29) is 0 Å². The van der Waals surface area contributed by atoms with Crippen LogP contribution in [0.25, 0.3) is 11.5 Å². The molecule has 1 amide bonds. The highest BCUT2D eigenvalue weighted by atomic mass is 16.6. The van der Waals surface area contributed by atoms with Crippen molar-refractivity contribution >= 4 is 6.09 Å². The van der Waals surface area contributed by atoms with Gasteiger partial charge in [-0.2, -0.15) is 0 Å². The minimum atomic E-state index is -0.529. The first-order chi connectivity index (χ1) is 12.2. The summed E-state index contributed by atoms with van der Waals surface area (Å²) < 4.78 is 15.9. The number of rotatable bonds is 6. The van der Waals surface area contributed by atoms with E-state index in [1.807, 2.05) is 30.3 Å². The fourth-order valence-corrected chi connectivity index (χ4v) is 2.13. The van der Waals surface area contributed by atoms with Crippen LogP contribution in [0.3, 0.4) is 0 Å². The number of carbonyl (C=O) groups is 1. The molecule has 0 radical (unpaired) electrons. The summed E-state index contributed by atoms with van der Waals surface area (Å²) in [5.41, 5.74) is 0.773. The number of hydrogen-bond acceptors (Lipinski definition) is 6. The number of methoxy groups -OCH3 is 1. The maximum Gasteiger partial charge on any atom is 0.412 e. The van der Waals surface area contributed by atoms with E-state index in [2.05, 4.69) is 15.5 Å². The smallest absolute Gasteiger partial charge is 0.412 e. The van der Waals surface area contributed by atoms with Gasteiger partial charge in [0.15, 0.2) is 0 Å². The number of ether oxygens (including phenoxy) is 2. The minimum Gasteiger partial charge on any atom is -0.497 e. The molecule has 7 nitrogen and oxygen atoms in total. The molecular weight excluding hydrogens is 322 g/mol. The molecule has 1 heterocycles. The monoisotopic (exact) mass is 339 g/mol. The topological polar surface area (TPSA) is 86.5 Å². The lowest BCUT2D eigenvalue weighted by molar-refractivity contribution is 0.200. The number of nitrogens with zero attached hydrogens (tertiary/aromatic N) is 2. The highest BCUT2D eigenvalue weighted by molar-refractivity contribution is 5.70. The van der Waals surface area contributed by atoms with Gasteiger partial charge in [0.2, 0.25) is 11.8 Å². The van der Waals surface area contributed by atoms with Crippen LogP contribution in [0.5, 0.6) is 11.5 Å². The molecule has 0 spiro atoms. The number of nitrogens with one attached hydrogen (secondary N) is 1. The zero-order valence-corrected chi connectivity index (χ0v) is 13.6. The Kier molecular flexibility index (Phi) is 5.26. The van der Waals surface area contributed by atoms with Crippen molar-refractivity contribution in [2.45, 2.75) is 6.42 Å². The van der Waals surface area contributed by atoms with Crippen LogP contribution in [0.1, 0.15) is 5.89 Å². The van der Waals surface area contributed by atoms with E-state index in [0.717, 1.165) is 5.56 Å². The summed E-state index contributed by atoms with van der Waals surface area (Å²) in [7, 11) is 1.60. The second kappa shape index (κ2) is 7.96. The van der Waals surface area contributed by atoms with Crippen molar-refractivity contribution in [3.63, 3.8) is 0 Å². The standard InChI is InChI=1S/C18H17N3O4/c1-23-15-9-5-6-13(12-15)17-21-20-16(25-17)10-11-19-18(22)24-14-7-3-2-4-8-14/h2-9,12H,10-11H2,1H3,(H,19,22). The van der Waals surface area contributed by atoms with Gasteiger partial charge in [-0.15, -0.1) is 10.2 Å². The van der Waals surface area contributed by atoms with Crippen molar-refractivity contribution in [3.05, 3.63) is 60.5 Å². The Morgan fingerprint density at radius 3 is 2.68 bits per heavy atom. The molecule has 1 N–H and O–H groups in total. The molecule has 0 aliphatic rings. The van der Waals surface area contributed by atoms with Crippen LogP contribution in [0, 0.1) is 0 Å². The minimum absolute atomic E-state index is 0.325. The Morgan fingerprint density at radius 1 is 1.08 bits per heavy atom. The van der Waals surface area contributed by atoms with Gasteiger partial charge in [0.1, 0.15) is 11.5 Å². The Morgan fingerprint density at radius 2 is 1.88 bits per heavy atom. The molecule has 0 fully saturated rings. The van der Waals surface area contributed by atoms with Gasteiger partial charge >= 0.3 is 6.09 Å². The summed E-state index contributed by atoms with van der Waals surface area (Å²) in [6.07, 6.45) is -0.125.